The minimum Gasteiger partial charge on any atom is -0.466 e. The molecule has 1 rings (SSSR count). The summed E-state index contributed by atoms with van der Waals surface area (Å²) < 4.78 is 25.9. The van der Waals surface area contributed by atoms with E-state index in [0.717, 1.165) is 5.01 Å². The summed E-state index contributed by atoms with van der Waals surface area (Å²) >= 11 is 1.45. The van der Waals surface area contributed by atoms with Crippen molar-refractivity contribution in [1.29, 1.82) is 0 Å². The molecule has 0 saturated heterocycles. The van der Waals surface area contributed by atoms with Crippen LogP contribution in [0.4, 0.5) is 4.39 Å². The Morgan fingerprint density at radius 2 is 2.08 bits per heavy atom. The molecule has 1 heterocycles. The first kappa shape index (κ1) is 21.0. The van der Waals surface area contributed by atoms with E-state index in [4.69, 9.17) is 9.16 Å². The first-order chi connectivity index (χ1) is 11.0. The van der Waals surface area contributed by atoms with Gasteiger partial charge in [0.05, 0.1) is 23.7 Å². The largest absolute Gasteiger partial charge is 0.466 e. The maximum atomic E-state index is 14.8. The second-order valence-electron chi connectivity index (χ2n) is 7.20. The smallest absolute Gasteiger partial charge is 0.308 e. The lowest BCUT2D eigenvalue weighted by Gasteiger charge is -2.38. The summed E-state index contributed by atoms with van der Waals surface area (Å²) in [6.07, 6.45) is 0.277. The third-order valence-electron chi connectivity index (χ3n) is 4.13. The minimum atomic E-state index is -2.24. The van der Waals surface area contributed by atoms with Gasteiger partial charge >= 0.3 is 5.97 Å². The highest BCUT2D eigenvalue weighted by atomic mass is 32.1. The van der Waals surface area contributed by atoms with Gasteiger partial charge in [-0.1, -0.05) is 20.8 Å². The number of aryl methyl sites for hydroxylation is 1. The highest BCUT2D eigenvalue weighted by Crippen LogP contribution is 2.38. The minimum absolute atomic E-state index is 0.0859. The summed E-state index contributed by atoms with van der Waals surface area (Å²) in [5, 5.41) is 2.56. The number of carbonyl (C=O) groups is 1. The van der Waals surface area contributed by atoms with E-state index in [1.807, 2.05) is 20.0 Å². The summed E-state index contributed by atoms with van der Waals surface area (Å²) in [7, 11) is -2.24. The Bertz CT molecular complexity index is 593. The van der Waals surface area contributed by atoms with E-state index in [-0.39, 0.29) is 18.1 Å². The van der Waals surface area contributed by atoms with Gasteiger partial charge in [0.15, 0.2) is 8.32 Å². The van der Waals surface area contributed by atoms with Crippen molar-refractivity contribution in [3.8, 4) is 0 Å². The fourth-order valence-corrected chi connectivity index (χ4v) is 3.61. The molecule has 0 aliphatic rings. The number of rotatable bonds is 7. The number of nitrogens with zero attached hydrogens (tertiary/aromatic N) is 1. The number of aromatic nitrogens is 1. The Labute approximate surface area is 149 Å². The maximum absolute atomic E-state index is 14.8. The molecule has 1 aromatic heterocycles. The van der Waals surface area contributed by atoms with Crippen molar-refractivity contribution in [1.82, 2.24) is 4.98 Å². The highest BCUT2D eigenvalue weighted by Gasteiger charge is 2.40. The number of ether oxygens (including phenoxy) is 1. The third-order valence-corrected chi connectivity index (χ3v) is 9.41. The SMILES string of the molecule is CCOC(=O)C[C@@H](O[Si](C)(C)C(C)(C)C)/C(F)=C/c1csc(C)n1. The maximum Gasteiger partial charge on any atom is 0.308 e. The normalized spacial score (nSPS) is 14.6. The van der Waals surface area contributed by atoms with E-state index < -0.39 is 26.2 Å². The standard InChI is InChI=1S/C17H28FNO3SSi/c1-8-21-16(20)10-15(22-24(6,7)17(3,4)5)14(18)9-13-11-23-12(2)19-13/h9,11,15H,8,10H2,1-7H3/b14-9-/t15-/m1/s1. The Morgan fingerprint density at radius 3 is 2.54 bits per heavy atom. The molecule has 1 atom stereocenters. The zero-order valence-electron chi connectivity index (χ0n) is 15.6. The van der Waals surface area contributed by atoms with Crippen molar-refractivity contribution in [2.75, 3.05) is 6.61 Å². The predicted octanol–water partition coefficient (Wildman–Crippen LogP) is 5.11. The molecule has 24 heavy (non-hydrogen) atoms. The molecule has 0 aromatic carbocycles. The number of halogens is 1. The number of hydrogen-bond acceptors (Lipinski definition) is 5. The lowest BCUT2D eigenvalue weighted by molar-refractivity contribution is -0.144. The lowest BCUT2D eigenvalue weighted by atomic mass is 10.2. The molecule has 4 nitrogen and oxygen atoms in total. The van der Waals surface area contributed by atoms with Gasteiger partial charge in [-0.25, -0.2) is 9.37 Å². The van der Waals surface area contributed by atoms with Crippen molar-refractivity contribution >= 4 is 31.7 Å². The molecule has 0 fully saturated rings. The molecule has 0 unspecified atom stereocenters. The van der Waals surface area contributed by atoms with Crippen molar-refractivity contribution in [3.63, 3.8) is 0 Å². The van der Waals surface area contributed by atoms with E-state index >= 15 is 0 Å². The van der Waals surface area contributed by atoms with Gasteiger partial charge in [-0.3, -0.25) is 4.79 Å². The van der Waals surface area contributed by atoms with Gasteiger partial charge < -0.3 is 9.16 Å². The van der Waals surface area contributed by atoms with Crippen LogP contribution < -0.4 is 0 Å². The monoisotopic (exact) mass is 373 g/mol. The van der Waals surface area contributed by atoms with Crippen LogP contribution in [0.1, 0.15) is 44.8 Å². The van der Waals surface area contributed by atoms with E-state index in [9.17, 15) is 9.18 Å². The summed E-state index contributed by atoms with van der Waals surface area (Å²) in [6.45, 7) is 14.2. The van der Waals surface area contributed by atoms with Crippen LogP contribution in [0.5, 0.6) is 0 Å². The zero-order chi connectivity index (χ0) is 18.5. The molecule has 136 valence electrons. The summed E-state index contributed by atoms with van der Waals surface area (Å²) in [4.78, 5) is 16.1. The molecular formula is C17H28FNO3SSi. The molecule has 0 bridgehead atoms. The summed E-state index contributed by atoms with van der Waals surface area (Å²) in [6, 6.07) is 0. The van der Waals surface area contributed by atoms with Crippen LogP contribution in [0.2, 0.25) is 18.1 Å². The molecule has 0 aliphatic heterocycles. The van der Waals surface area contributed by atoms with Gasteiger partial charge in [0.25, 0.3) is 0 Å². The van der Waals surface area contributed by atoms with Crippen molar-refractivity contribution in [3.05, 3.63) is 21.9 Å². The molecule has 0 aliphatic carbocycles. The van der Waals surface area contributed by atoms with E-state index in [1.165, 1.54) is 17.4 Å². The fourth-order valence-electron chi connectivity index (χ4n) is 1.78. The topological polar surface area (TPSA) is 48.4 Å². The second kappa shape index (κ2) is 8.36. The quantitative estimate of drug-likeness (QED) is 0.492. The Balaban J connectivity index is 3.04. The van der Waals surface area contributed by atoms with Gasteiger partial charge in [-0.2, -0.15) is 0 Å². The molecule has 0 amide bonds. The molecule has 0 radical (unpaired) electrons. The van der Waals surface area contributed by atoms with Crippen LogP contribution >= 0.6 is 11.3 Å². The number of carbonyl (C=O) groups excluding carboxylic acids is 1. The molecule has 1 aromatic rings. The summed E-state index contributed by atoms with van der Waals surface area (Å²) in [5.74, 6) is -0.947. The number of hydrogen-bond donors (Lipinski definition) is 0. The van der Waals surface area contributed by atoms with Crippen LogP contribution in [0.3, 0.4) is 0 Å². The molecule has 7 heteroatoms. The van der Waals surface area contributed by atoms with Crippen LogP contribution in [0.25, 0.3) is 6.08 Å². The fraction of sp³-hybridized carbons (Fsp3) is 0.647. The van der Waals surface area contributed by atoms with Gasteiger partial charge in [0, 0.05) is 5.38 Å². The first-order valence-corrected chi connectivity index (χ1v) is 11.9. The highest BCUT2D eigenvalue weighted by molar-refractivity contribution is 7.09. The Kier molecular flexibility index (Phi) is 7.31. The molecule has 0 spiro atoms. The van der Waals surface area contributed by atoms with Crippen molar-refractivity contribution in [2.24, 2.45) is 0 Å². The Hall–Kier alpha value is -1.05. The van der Waals surface area contributed by atoms with E-state index in [2.05, 4.69) is 25.8 Å². The molecular weight excluding hydrogens is 345 g/mol. The first-order valence-electron chi connectivity index (χ1n) is 8.09. The average Bonchev–Trinajstić information content (AvgIpc) is 2.82. The third kappa shape index (κ3) is 6.11. The van der Waals surface area contributed by atoms with E-state index in [1.54, 1.807) is 12.3 Å². The predicted molar refractivity (Wildman–Crippen MR) is 99.3 cm³/mol. The lowest BCUT2D eigenvalue weighted by Crippen LogP contribution is -2.44. The number of thiazole rings is 1. The molecule has 0 N–H and O–H groups in total. The van der Waals surface area contributed by atoms with Crippen molar-refractivity contribution < 1.29 is 18.3 Å². The van der Waals surface area contributed by atoms with Crippen LogP contribution in [0.15, 0.2) is 11.2 Å². The Morgan fingerprint density at radius 1 is 1.46 bits per heavy atom. The molecule has 0 saturated carbocycles. The van der Waals surface area contributed by atoms with Gasteiger partial charge in [0.2, 0.25) is 0 Å². The van der Waals surface area contributed by atoms with E-state index in [0.29, 0.717) is 5.69 Å². The van der Waals surface area contributed by atoms with Crippen LogP contribution in [-0.2, 0) is 14.0 Å². The van der Waals surface area contributed by atoms with Gasteiger partial charge in [0.1, 0.15) is 11.9 Å². The zero-order valence-corrected chi connectivity index (χ0v) is 17.4. The average molecular weight is 374 g/mol. The van der Waals surface area contributed by atoms with Gasteiger partial charge in [-0.05, 0) is 38.1 Å². The second-order valence-corrected chi connectivity index (χ2v) is 13.0. The summed E-state index contributed by atoms with van der Waals surface area (Å²) in [5.41, 5.74) is 0.544. The van der Waals surface area contributed by atoms with Gasteiger partial charge in [-0.15, -0.1) is 11.3 Å². The van der Waals surface area contributed by atoms with Crippen LogP contribution in [-0.4, -0.2) is 32.0 Å². The van der Waals surface area contributed by atoms with Crippen LogP contribution in [0, 0.1) is 6.92 Å². The van der Waals surface area contributed by atoms with Crippen molar-refractivity contribution in [2.45, 2.75) is 65.3 Å². The number of esters is 1.